The smallest absolute Gasteiger partial charge is 0.333 e. The third-order valence-corrected chi connectivity index (χ3v) is 9.70. The van der Waals surface area contributed by atoms with Crippen molar-refractivity contribution in [3.05, 3.63) is 35.9 Å². The highest BCUT2D eigenvalue weighted by Gasteiger charge is 2.39. The highest BCUT2D eigenvalue weighted by molar-refractivity contribution is 7.54. The Labute approximate surface area is 238 Å². The van der Waals surface area contributed by atoms with Crippen molar-refractivity contribution >= 4 is 25.3 Å². The Morgan fingerprint density at radius 3 is 2.15 bits per heavy atom. The second-order valence-electron chi connectivity index (χ2n) is 10.8. The topological polar surface area (TPSA) is 166 Å². The summed E-state index contributed by atoms with van der Waals surface area (Å²) in [6.45, 7) is 5.16. The summed E-state index contributed by atoms with van der Waals surface area (Å²) in [5, 5.41) is 5.72. The van der Waals surface area contributed by atoms with E-state index < -0.39 is 37.5 Å². The lowest BCUT2D eigenvalue weighted by Gasteiger charge is -2.36. The summed E-state index contributed by atoms with van der Waals surface area (Å²) in [5.74, 6) is -0.926. The number of hydrogen-bond donors (Lipinski definition) is 4. The number of piperidine rings is 1. The van der Waals surface area contributed by atoms with Crippen LogP contribution in [0.15, 0.2) is 30.3 Å². The summed E-state index contributed by atoms with van der Waals surface area (Å²) in [5.41, 5.74) is 12.5. The molecule has 0 bridgehead atoms. The van der Waals surface area contributed by atoms with Gasteiger partial charge in [0, 0.05) is 27.3 Å². The van der Waals surface area contributed by atoms with E-state index in [0.29, 0.717) is 64.6 Å². The van der Waals surface area contributed by atoms with Crippen molar-refractivity contribution in [3.63, 3.8) is 0 Å². The van der Waals surface area contributed by atoms with Gasteiger partial charge in [0.15, 0.2) is 0 Å². The molecular formula is C28H48N5O6P. The van der Waals surface area contributed by atoms with Crippen molar-refractivity contribution in [2.24, 2.45) is 17.4 Å². The molecular weight excluding hydrogens is 533 g/mol. The molecule has 1 heterocycles. The average molecular weight is 582 g/mol. The van der Waals surface area contributed by atoms with Gasteiger partial charge in [-0.15, -0.1) is 0 Å². The molecule has 0 unspecified atom stereocenters. The maximum atomic E-state index is 13.5. The number of nitrogens with one attached hydrogen (secondary N) is 2. The Morgan fingerprint density at radius 1 is 1.00 bits per heavy atom. The predicted molar refractivity (Wildman–Crippen MR) is 156 cm³/mol. The number of hydrogen-bond acceptors (Lipinski definition) is 8. The van der Waals surface area contributed by atoms with E-state index in [2.05, 4.69) is 10.6 Å². The van der Waals surface area contributed by atoms with Crippen LogP contribution in [0.4, 0.5) is 0 Å². The van der Waals surface area contributed by atoms with Crippen molar-refractivity contribution in [2.75, 3.05) is 33.9 Å². The molecule has 1 aliphatic rings. The van der Waals surface area contributed by atoms with Gasteiger partial charge in [0.25, 0.3) is 0 Å². The number of rotatable bonds is 16. The monoisotopic (exact) mass is 581 g/mol. The van der Waals surface area contributed by atoms with Gasteiger partial charge in [-0.2, -0.15) is 0 Å². The SMILES string of the molecule is COP(=O)(OC)C1CCN(C(=O)[C@@H](CCCCN)NC(=O)[C@@H](CC(C)C)NC(=O)[C@H](N)Cc2ccccc2)CC1. The van der Waals surface area contributed by atoms with Crippen molar-refractivity contribution < 1.29 is 28.0 Å². The fraction of sp³-hybridized carbons (Fsp3) is 0.679. The molecule has 0 aromatic heterocycles. The van der Waals surface area contributed by atoms with Crippen LogP contribution in [0.25, 0.3) is 0 Å². The van der Waals surface area contributed by atoms with E-state index in [9.17, 15) is 18.9 Å². The molecule has 0 aliphatic carbocycles. The summed E-state index contributed by atoms with van der Waals surface area (Å²) in [4.78, 5) is 41.6. The summed E-state index contributed by atoms with van der Waals surface area (Å²) < 4.78 is 23.1. The molecule has 1 aromatic rings. The number of carbonyl (C=O) groups is 3. The molecule has 2 rings (SSSR count). The number of nitrogens with two attached hydrogens (primary N) is 2. The van der Waals surface area contributed by atoms with Gasteiger partial charge in [-0.05, 0) is 63.0 Å². The van der Waals surface area contributed by atoms with Crippen LogP contribution in [0, 0.1) is 5.92 Å². The van der Waals surface area contributed by atoms with Crippen LogP contribution in [-0.4, -0.2) is 80.3 Å². The minimum Gasteiger partial charge on any atom is -0.343 e. The Hall–Kier alpha value is -2.30. The van der Waals surface area contributed by atoms with E-state index >= 15 is 0 Å². The fourth-order valence-electron chi connectivity index (χ4n) is 4.96. The zero-order valence-electron chi connectivity index (χ0n) is 24.3. The van der Waals surface area contributed by atoms with E-state index in [1.165, 1.54) is 14.2 Å². The molecule has 12 heteroatoms. The molecule has 11 nitrogen and oxygen atoms in total. The van der Waals surface area contributed by atoms with Crippen LogP contribution < -0.4 is 22.1 Å². The molecule has 6 N–H and O–H groups in total. The van der Waals surface area contributed by atoms with Crippen LogP contribution in [0.3, 0.4) is 0 Å². The zero-order chi connectivity index (χ0) is 29.7. The maximum absolute atomic E-state index is 13.5. The second kappa shape index (κ2) is 16.8. The Bertz CT molecular complexity index is 979. The molecule has 1 aromatic carbocycles. The first-order valence-corrected chi connectivity index (χ1v) is 15.8. The predicted octanol–water partition coefficient (Wildman–Crippen LogP) is 2.18. The van der Waals surface area contributed by atoms with E-state index in [4.69, 9.17) is 20.5 Å². The van der Waals surface area contributed by atoms with Crippen molar-refractivity contribution in [3.8, 4) is 0 Å². The molecule has 40 heavy (non-hydrogen) atoms. The fourth-order valence-corrected chi connectivity index (χ4v) is 6.57. The standard InChI is InChI=1S/C28H48N5O6P/c1-20(2)18-25(32-26(34)23(30)19-21-10-6-5-7-11-21)27(35)31-24(12-8-9-15-29)28(36)33-16-13-22(14-17-33)40(37,38-3)39-4/h5-7,10-11,20,22-25H,8-9,12-19,29-30H2,1-4H3,(H,31,35)(H,32,34)/t23-,24-,25-/m1/s1. The first-order chi connectivity index (χ1) is 19.0. The number of carbonyl (C=O) groups excluding carboxylic acids is 3. The van der Waals surface area contributed by atoms with Gasteiger partial charge in [0.2, 0.25) is 17.7 Å². The molecule has 0 saturated carbocycles. The number of likely N-dealkylation sites (tertiary alicyclic amines) is 1. The summed E-state index contributed by atoms with van der Waals surface area (Å²) >= 11 is 0. The summed E-state index contributed by atoms with van der Waals surface area (Å²) in [6, 6.07) is 7.03. The third-order valence-electron chi connectivity index (χ3n) is 7.27. The Kier molecular flexibility index (Phi) is 14.3. The first-order valence-electron chi connectivity index (χ1n) is 14.1. The van der Waals surface area contributed by atoms with Crippen LogP contribution in [0.5, 0.6) is 0 Å². The molecule has 226 valence electrons. The van der Waals surface area contributed by atoms with Gasteiger partial charge in [-0.25, -0.2) is 0 Å². The minimum absolute atomic E-state index is 0.115. The van der Waals surface area contributed by atoms with Gasteiger partial charge in [0.05, 0.1) is 11.7 Å². The van der Waals surface area contributed by atoms with Gasteiger partial charge in [-0.3, -0.25) is 18.9 Å². The summed E-state index contributed by atoms with van der Waals surface area (Å²) in [7, 11) is -0.491. The normalized spacial score (nSPS) is 16.8. The van der Waals surface area contributed by atoms with E-state index in [-0.39, 0.29) is 17.5 Å². The van der Waals surface area contributed by atoms with Gasteiger partial charge < -0.3 is 36.0 Å². The largest absolute Gasteiger partial charge is 0.343 e. The number of unbranched alkanes of at least 4 members (excludes halogenated alkanes) is 1. The van der Waals surface area contributed by atoms with Crippen molar-refractivity contribution in [1.82, 2.24) is 15.5 Å². The molecule has 1 saturated heterocycles. The Balaban J connectivity index is 2.09. The highest BCUT2D eigenvalue weighted by atomic mass is 31.2. The third kappa shape index (κ3) is 10.3. The molecule has 3 amide bonds. The van der Waals surface area contributed by atoms with E-state index in [0.717, 1.165) is 5.56 Å². The number of amides is 3. The van der Waals surface area contributed by atoms with Gasteiger partial charge in [-0.1, -0.05) is 44.2 Å². The average Bonchev–Trinajstić information content (AvgIpc) is 2.95. The van der Waals surface area contributed by atoms with Crippen LogP contribution in [0.2, 0.25) is 0 Å². The highest BCUT2D eigenvalue weighted by Crippen LogP contribution is 2.54. The number of benzene rings is 1. The first kappa shape index (κ1) is 33.9. The van der Waals surface area contributed by atoms with Crippen LogP contribution in [-0.2, 0) is 34.4 Å². The zero-order valence-corrected chi connectivity index (χ0v) is 25.2. The van der Waals surface area contributed by atoms with Crippen LogP contribution in [0.1, 0.15) is 57.9 Å². The maximum Gasteiger partial charge on any atom is 0.333 e. The van der Waals surface area contributed by atoms with E-state index in [1.807, 2.05) is 44.2 Å². The minimum atomic E-state index is -3.22. The van der Waals surface area contributed by atoms with Crippen molar-refractivity contribution in [2.45, 2.75) is 82.6 Å². The van der Waals surface area contributed by atoms with E-state index in [1.54, 1.807) is 4.90 Å². The molecule has 1 aliphatic heterocycles. The van der Waals surface area contributed by atoms with Crippen molar-refractivity contribution in [1.29, 1.82) is 0 Å². The molecule has 0 radical (unpaired) electrons. The Morgan fingerprint density at radius 2 is 1.60 bits per heavy atom. The second-order valence-corrected chi connectivity index (χ2v) is 13.3. The lowest BCUT2D eigenvalue weighted by molar-refractivity contribution is -0.138. The number of nitrogens with zero attached hydrogens (tertiary/aromatic N) is 1. The summed E-state index contributed by atoms with van der Waals surface area (Å²) in [6.07, 6.45) is 3.49. The molecule has 1 fully saturated rings. The van der Waals surface area contributed by atoms with Gasteiger partial charge >= 0.3 is 7.60 Å². The lowest BCUT2D eigenvalue weighted by atomic mass is 10.00. The lowest BCUT2D eigenvalue weighted by Crippen LogP contribution is -2.57. The molecule has 3 atom stereocenters. The van der Waals surface area contributed by atoms with Crippen LogP contribution >= 0.6 is 7.60 Å². The van der Waals surface area contributed by atoms with Gasteiger partial charge in [0.1, 0.15) is 12.1 Å². The molecule has 0 spiro atoms. The quantitative estimate of drug-likeness (QED) is 0.170.